The van der Waals surface area contributed by atoms with Crippen molar-refractivity contribution in [3.05, 3.63) is 38.9 Å². The molecular formula is C16H15FIN5O4S. The van der Waals surface area contributed by atoms with Gasteiger partial charge in [0.1, 0.15) is 11.3 Å². The minimum Gasteiger partial charge on any atom is -0.454 e. The lowest BCUT2D eigenvalue weighted by Crippen LogP contribution is -2.21. The smallest absolute Gasteiger partial charge is 0.310 e. The van der Waals surface area contributed by atoms with Crippen LogP contribution in [0.2, 0.25) is 0 Å². The van der Waals surface area contributed by atoms with Crippen molar-refractivity contribution >= 4 is 43.8 Å². The van der Waals surface area contributed by atoms with Crippen LogP contribution in [-0.2, 0) is 23.0 Å². The Labute approximate surface area is 173 Å². The number of aryl methyl sites for hydroxylation is 2. The summed E-state index contributed by atoms with van der Waals surface area (Å²) >= 11 is 2.18. The molecule has 0 fully saturated rings. The van der Waals surface area contributed by atoms with E-state index in [2.05, 4.69) is 37.5 Å². The zero-order chi connectivity index (χ0) is 20.1. The van der Waals surface area contributed by atoms with Gasteiger partial charge in [0.2, 0.25) is 16.8 Å². The van der Waals surface area contributed by atoms with Gasteiger partial charge >= 0.3 is 6.08 Å². The van der Waals surface area contributed by atoms with E-state index < -0.39 is 16.1 Å². The summed E-state index contributed by atoms with van der Waals surface area (Å²) in [6.07, 6.45) is -0.539. The zero-order valence-electron chi connectivity index (χ0n) is 14.6. The van der Waals surface area contributed by atoms with Crippen LogP contribution in [0.3, 0.4) is 0 Å². The molecule has 28 heavy (non-hydrogen) atoms. The van der Waals surface area contributed by atoms with Crippen LogP contribution in [0.4, 0.5) is 4.39 Å². The van der Waals surface area contributed by atoms with Gasteiger partial charge in [0.15, 0.2) is 17.1 Å². The highest BCUT2D eigenvalue weighted by Crippen LogP contribution is 2.36. The van der Waals surface area contributed by atoms with Gasteiger partial charge in [0.05, 0.1) is 11.4 Å². The summed E-state index contributed by atoms with van der Waals surface area (Å²) in [5.74, 6) is 1.50. The molecular weight excluding hydrogens is 504 g/mol. The highest BCUT2D eigenvalue weighted by molar-refractivity contribution is 14.1. The average Bonchev–Trinajstić information content (AvgIpc) is 3.17. The van der Waals surface area contributed by atoms with Gasteiger partial charge in [-0.25, -0.2) is 23.5 Å². The van der Waals surface area contributed by atoms with Gasteiger partial charge in [-0.2, -0.15) is 9.37 Å². The summed E-state index contributed by atoms with van der Waals surface area (Å²) in [6.45, 7) is 1.79. The number of sulfonamides is 1. The summed E-state index contributed by atoms with van der Waals surface area (Å²) in [5.41, 5.74) is 1.93. The zero-order valence-corrected chi connectivity index (χ0v) is 17.6. The Bertz CT molecular complexity index is 1200. The van der Waals surface area contributed by atoms with Crippen LogP contribution in [-0.4, -0.2) is 40.5 Å². The molecule has 4 rings (SSSR count). The van der Waals surface area contributed by atoms with E-state index in [9.17, 15) is 12.8 Å². The van der Waals surface area contributed by atoms with Gasteiger partial charge in [-0.1, -0.05) is 0 Å². The highest BCUT2D eigenvalue weighted by Gasteiger charge is 2.21. The van der Waals surface area contributed by atoms with Crippen LogP contribution in [0.1, 0.15) is 17.1 Å². The Balaban J connectivity index is 1.80. The van der Waals surface area contributed by atoms with Crippen LogP contribution >= 0.6 is 22.6 Å². The van der Waals surface area contributed by atoms with Gasteiger partial charge in [-0.15, -0.1) is 0 Å². The summed E-state index contributed by atoms with van der Waals surface area (Å²) < 4.78 is 50.0. The molecule has 0 radical (unpaired) electrons. The number of ether oxygens (including phenoxy) is 2. The Morgan fingerprint density at radius 3 is 2.68 bits per heavy atom. The standard InChI is InChI=1S/C16H15FIN5O4S/c1-8-14-15(22-16(17)20-8)23(2-3-28(19,24)25)13(21-14)5-9-4-11-12(6-10(9)18)27-7-26-11/h4,6H,2-3,5,7H2,1H3,(H2,19,24,25). The van der Waals surface area contributed by atoms with Crippen molar-refractivity contribution in [1.82, 2.24) is 19.5 Å². The van der Waals surface area contributed by atoms with Crippen molar-refractivity contribution in [1.29, 1.82) is 0 Å². The van der Waals surface area contributed by atoms with Crippen molar-refractivity contribution in [2.24, 2.45) is 5.14 Å². The maximum atomic E-state index is 13.8. The SMILES string of the molecule is Cc1nc(F)nc2c1nc(Cc1cc3c(cc1I)OCO3)n2CCS(N)(=O)=O. The van der Waals surface area contributed by atoms with Crippen molar-refractivity contribution < 1.29 is 22.3 Å². The minimum absolute atomic E-state index is 0.00168. The maximum absolute atomic E-state index is 13.8. The number of nitrogens with zero attached hydrogens (tertiary/aromatic N) is 4. The second kappa shape index (κ2) is 7.08. The minimum atomic E-state index is -3.72. The Hall–Kier alpha value is -2.06. The number of fused-ring (bicyclic) bond motifs is 2. The average molecular weight is 519 g/mol. The van der Waals surface area contributed by atoms with Crippen molar-refractivity contribution in [3.63, 3.8) is 0 Å². The number of rotatable bonds is 5. The quantitative estimate of drug-likeness (QED) is 0.401. The first kappa shape index (κ1) is 19.3. The third-order valence-corrected chi connectivity index (χ3v) is 6.07. The van der Waals surface area contributed by atoms with Crippen LogP contribution in [0.25, 0.3) is 11.2 Å². The van der Waals surface area contributed by atoms with E-state index in [1.54, 1.807) is 11.5 Å². The van der Waals surface area contributed by atoms with Crippen molar-refractivity contribution in [2.45, 2.75) is 19.9 Å². The molecule has 3 aromatic rings. The lowest BCUT2D eigenvalue weighted by molar-refractivity contribution is 0.174. The number of hydrogen-bond acceptors (Lipinski definition) is 7. The van der Waals surface area contributed by atoms with Gasteiger partial charge in [0, 0.05) is 16.5 Å². The molecule has 2 N–H and O–H groups in total. The Morgan fingerprint density at radius 1 is 1.25 bits per heavy atom. The Morgan fingerprint density at radius 2 is 1.96 bits per heavy atom. The first-order valence-corrected chi connectivity index (χ1v) is 11.0. The van der Waals surface area contributed by atoms with Crippen molar-refractivity contribution in [3.8, 4) is 11.5 Å². The fourth-order valence-electron chi connectivity index (χ4n) is 3.00. The number of imidazole rings is 1. The molecule has 0 unspecified atom stereocenters. The molecule has 0 atom stereocenters. The van der Waals surface area contributed by atoms with Gasteiger partial charge in [0.25, 0.3) is 0 Å². The number of halogens is 2. The molecule has 0 aliphatic carbocycles. The molecule has 0 amide bonds. The van der Waals surface area contributed by atoms with Gasteiger partial charge in [-0.3, -0.25) is 0 Å². The summed E-state index contributed by atoms with van der Waals surface area (Å²) in [6, 6.07) is 3.72. The lowest BCUT2D eigenvalue weighted by atomic mass is 10.1. The predicted molar refractivity (Wildman–Crippen MR) is 106 cm³/mol. The van der Waals surface area contributed by atoms with Crippen LogP contribution in [0, 0.1) is 16.6 Å². The number of nitrogens with two attached hydrogens (primary N) is 1. The van der Waals surface area contributed by atoms with Crippen LogP contribution in [0.5, 0.6) is 11.5 Å². The first-order valence-electron chi connectivity index (χ1n) is 8.19. The summed E-state index contributed by atoms with van der Waals surface area (Å²) in [4.78, 5) is 12.1. The molecule has 148 valence electrons. The summed E-state index contributed by atoms with van der Waals surface area (Å²) in [7, 11) is -3.72. The molecule has 1 aliphatic heterocycles. The molecule has 0 saturated carbocycles. The fraction of sp³-hybridized carbons (Fsp3) is 0.312. The van der Waals surface area contributed by atoms with E-state index in [1.165, 1.54) is 0 Å². The molecule has 2 aromatic heterocycles. The largest absolute Gasteiger partial charge is 0.454 e. The normalized spacial score (nSPS) is 13.4. The molecule has 1 aromatic carbocycles. The number of aromatic nitrogens is 4. The number of primary sulfonamides is 1. The van der Waals surface area contributed by atoms with Crippen LogP contribution < -0.4 is 14.6 Å². The van der Waals surface area contributed by atoms with E-state index in [0.717, 1.165) is 9.13 Å². The molecule has 3 heterocycles. The van der Waals surface area contributed by atoms with Gasteiger partial charge < -0.3 is 14.0 Å². The van der Waals surface area contributed by atoms with Gasteiger partial charge in [-0.05, 0) is 47.2 Å². The fourth-order valence-corrected chi connectivity index (χ4v) is 4.07. The van der Waals surface area contributed by atoms with Crippen molar-refractivity contribution in [2.75, 3.05) is 12.5 Å². The van der Waals surface area contributed by atoms with E-state index >= 15 is 0 Å². The lowest BCUT2D eigenvalue weighted by Gasteiger charge is -2.10. The molecule has 1 aliphatic rings. The molecule has 0 bridgehead atoms. The topological polar surface area (TPSA) is 122 Å². The van der Waals surface area contributed by atoms with E-state index in [0.29, 0.717) is 35.0 Å². The van der Waals surface area contributed by atoms with Crippen LogP contribution in [0.15, 0.2) is 12.1 Å². The number of hydrogen-bond donors (Lipinski definition) is 1. The second-order valence-corrected chi connectivity index (χ2v) is 9.17. The van der Waals surface area contributed by atoms with E-state index in [4.69, 9.17) is 14.6 Å². The van der Waals surface area contributed by atoms with E-state index in [1.807, 2.05) is 12.1 Å². The Kier molecular flexibility index (Phi) is 4.87. The third kappa shape index (κ3) is 3.75. The molecule has 12 heteroatoms. The highest BCUT2D eigenvalue weighted by atomic mass is 127. The maximum Gasteiger partial charge on any atom is 0.310 e. The third-order valence-electron chi connectivity index (χ3n) is 4.31. The molecule has 0 spiro atoms. The number of benzene rings is 1. The second-order valence-electron chi connectivity index (χ2n) is 6.27. The monoisotopic (exact) mass is 519 g/mol. The molecule has 9 nitrogen and oxygen atoms in total. The molecule has 0 saturated heterocycles. The van der Waals surface area contributed by atoms with E-state index in [-0.39, 0.29) is 24.7 Å². The predicted octanol–water partition coefficient (Wildman–Crippen LogP) is 1.49. The summed E-state index contributed by atoms with van der Waals surface area (Å²) in [5, 5.41) is 5.14. The first-order chi connectivity index (χ1) is 13.2.